The van der Waals surface area contributed by atoms with Gasteiger partial charge in [0.05, 0.1) is 5.56 Å². The van der Waals surface area contributed by atoms with E-state index >= 15 is 0 Å². The summed E-state index contributed by atoms with van der Waals surface area (Å²) in [7, 11) is 0. The topological polar surface area (TPSA) is 109 Å². The first kappa shape index (κ1) is 10.2. The van der Waals surface area contributed by atoms with Crippen LogP contribution in [0.2, 0.25) is 0 Å². The molecular formula is C7H8O5. The number of benzene rings is 1. The summed E-state index contributed by atoms with van der Waals surface area (Å²) in [6.07, 6.45) is 0.383. The van der Waals surface area contributed by atoms with Gasteiger partial charge in [0.25, 0.3) is 0 Å². The van der Waals surface area contributed by atoms with Crippen LogP contribution in [0, 0.1) is 0 Å². The van der Waals surface area contributed by atoms with Crippen molar-refractivity contribution in [3.05, 3.63) is 17.7 Å². The summed E-state index contributed by atoms with van der Waals surface area (Å²) < 4.78 is 0. The number of aromatic hydroxyl groups is 3. The molecule has 0 aliphatic rings. The number of phenolic OH excluding ortho intramolecular Hbond substituents is 3. The maximum Gasteiger partial charge on any atom is 0.201 e. The van der Waals surface area contributed by atoms with Crippen molar-refractivity contribution >= 4 is 6.29 Å². The Balaban J connectivity index is 0.00000121. The van der Waals surface area contributed by atoms with Gasteiger partial charge in [-0.15, -0.1) is 0 Å². The molecule has 1 aromatic carbocycles. The lowest BCUT2D eigenvalue weighted by atomic mass is 10.2. The van der Waals surface area contributed by atoms with Crippen LogP contribution in [0.5, 0.6) is 17.2 Å². The summed E-state index contributed by atoms with van der Waals surface area (Å²) in [5.41, 5.74) is -0.0553. The van der Waals surface area contributed by atoms with E-state index in [1.54, 1.807) is 0 Å². The van der Waals surface area contributed by atoms with Crippen molar-refractivity contribution in [3.63, 3.8) is 0 Å². The highest BCUT2D eigenvalue weighted by Crippen LogP contribution is 2.35. The lowest BCUT2D eigenvalue weighted by Crippen LogP contribution is -1.81. The highest BCUT2D eigenvalue weighted by atomic mass is 16.3. The minimum absolute atomic E-state index is 0. The van der Waals surface area contributed by atoms with Crippen molar-refractivity contribution in [3.8, 4) is 17.2 Å². The Morgan fingerprint density at radius 3 is 2.17 bits per heavy atom. The third kappa shape index (κ3) is 1.46. The Morgan fingerprint density at radius 2 is 1.67 bits per heavy atom. The Kier molecular flexibility index (Phi) is 3.06. The van der Waals surface area contributed by atoms with Crippen LogP contribution in [0.3, 0.4) is 0 Å². The SMILES string of the molecule is O.O=Cc1ccc(O)c(O)c1O. The number of rotatable bonds is 1. The summed E-state index contributed by atoms with van der Waals surface area (Å²) in [5, 5.41) is 26.6. The van der Waals surface area contributed by atoms with E-state index in [9.17, 15) is 4.79 Å². The molecule has 12 heavy (non-hydrogen) atoms. The maximum atomic E-state index is 10.1. The van der Waals surface area contributed by atoms with E-state index < -0.39 is 17.2 Å². The molecule has 0 saturated heterocycles. The predicted molar refractivity (Wildman–Crippen MR) is 40.4 cm³/mol. The van der Waals surface area contributed by atoms with Gasteiger partial charge in [-0.3, -0.25) is 4.79 Å². The van der Waals surface area contributed by atoms with Gasteiger partial charge in [-0.1, -0.05) is 0 Å². The maximum absolute atomic E-state index is 10.1. The van der Waals surface area contributed by atoms with Crippen LogP contribution in [0.4, 0.5) is 0 Å². The molecule has 0 spiro atoms. The number of aldehydes is 1. The fourth-order valence-corrected chi connectivity index (χ4v) is 0.680. The number of carbonyl (C=O) groups is 1. The fourth-order valence-electron chi connectivity index (χ4n) is 0.680. The Bertz CT molecular complexity index is 294. The first-order chi connectivity index (χ1) is 5.16. The number of hydrogen-bond donors (Lipinski definition) is 3. The van der Waals surface area contributed by atoms with Gasteiger partial charge in [-0.25, -0.2) is 0 Å². The molecule has 5 N–H and O–H groups in total. The summed E-state index contributed by atoms with van der Waals surface area (Å²) in [6, 6.07) is 2.33. The van der Waals surface area contributed by atoms with Gasteiger partial charge in [-0.05, 0) is 12.1 Å². The van der Waals surface area contributed by atoms with Crippen LogP contribution < -0.4 is 0 Å². The van der Waals surface area contributed by atoms with Crippen LogP contribution in [0.1, 0.15) is 10.4 Å². The molecule has 0 amide bonds. The normalized spacial score (nSPS) is 8.67. The lowest BCUT2D eigenvalue weighted by molar-refractivity contribution is 0.112. The van der Waals surface area contributed by atoms with Crippen molar-refractivity contribution in [1.82, 2.24) is 0 Å². The largest absolute Gasteiger partial charge is 0.504 e. The Labute approximate surface area is 67.8 Å². The van der Waals surface area contributed by atoms with Gasteiger partial charge in [-0.2, -0.15) is 0 Å². The van der Waals surface area contributed by atoms with E-state index in [1.165, 1.54) is 6.07 Å². The second kappa shape index (κ2) is 3.59. The molecule has 0 radical (unpaired) electrons. The van der Waals surface area contributed by atoms with Crippen molar-refractivity contribution in [2.75, 3.05) is 0 Å². The molecule has 1 rings (SSSR count). The van der Waals surface area contributed by atoms with Gasteiger partial charge >= 0.3 is 0 Å². The standard InChI is InChI=1S/C7H6O4.H2O/c8-3-4-1-2-5(9)7(11)6(4)10;/h1-3,9-11H;1H2. The second-order valence-electron chi connectivity index (χ2n) is 1.99. The van der Waals surface area contributed by atoms with E-state index in [-0.39, 0.29) is 11.0 Å². The summed E-state index contributed by atoms with van der Waals surface area (Å²) in [5.74, 6) is -1.72. The second-order valence-corrected chi connectivity index (χ2v) is 1.99. The number of phenols is 3. The average molecular weight is 172 g/mol. The fraction of sp³-hybridized carbons (Fsp3) is 0. The summed E-state index contributed by atoms with van der Waals surface area (Å²) in [6.45, 7) is 0. The molecule has 0 aliphatic heterocycles. The molecule has 0 heterocycles. The molecule has 0 bridgehead atoms. The van der Waals surface area contributed by atoms with E-state index in [0.29, 0.717) is 6.29 Å². The van der Waals surface area contributed by atoms with Crippen LogP contribution in [-0.4, -0.2) is 27.1 Å². The molecule has 0 unspecified atom stereocenters. The quantitative estimate of drug-likeness (QED) is 0.402. The Morgan fingerprint density at radius 1 is 1.08 bits per heavy atom. The lowest BCUT2D eigenvalue weighted by Gasteiger charge is -2.00. The van der Waals surface area contributed by atoms with Crippen LogP contribution in [0.25, 0.3) is 0 Å². The smallest absolute Gasteiger partial charge is 0.201 e. The van der Waals surface area contributed by atoms with E-state index in [1.807, 2.05) is 0 Å². The molecular weight excluding hydrogens is 164 g/mol. The van der Waals surface area contributed by atoms with Gasteiger partial charge in [0.15, 0.2) is 17.8 Å². The van der Waals surface area contributed by atoms with Crippen molar-refractivity contribution in [2.24, 2.45) is 0 Å². The minimum Gasteiger partial charge on any atom is -0.504 e. The van der Waals surface area contributed by atoms with E-state index in [0.717, 1.165) is 6.07 Å². The number of hydrogen-bond acceptors (Lipinski definition) is 4. The van der Waals surface area contributed by atoms with Gasteiger partial charge in [0, 0.05) is 0 Å². The average Bonchev–Trinajstić information content (AvgIpc) is 2.01. The van der Waals surface area contributed by atoms with Gasteiger partial charge in [0.1, 0.15) is 0 Å². The highest BCUT2D eigenvalue weighted by Gasteiger charge is 2.09. The molecule has 5 nitrogen and oxygen atoms in total. The van der Waals surface area contributed by atoms with E-state index in [2.05, 4.69) is 0 Å². The molecule has 0 atom stereocenters. The van der Waals surface area contributed by atoms with Crippen LogP contribution in [0.15, 0.2) is 12.1 Å². The highest BCUT2D eigenvalue weighted by molar-refractivity contribution is 5.81. The monoisotopic (exact) mass is 172 g/mol. The summed E-state index contributed by atoms with van der Waals surface area (Å²) >= 11 is 0. The zero-order valence-corrected chi connectivity index (χ0v) is 5.98. The molecule has 5 heteroatoms. The molecule has 0 aliphatic carbocycles. The van der Waals surface area contributed by atoms with Crippen molar-refractivity contribution in [1.29, 1.82) is 0 Å². The van der Waals surface area contributed by atoms with Gasteiger partial charge in [0.2, 0.25) is 5.75 Å². The first-order valence-electron chi connectivity index (χ1n) is 2.86. The third-order valence-corrected chi connectivity index (χ3v) is 1.29. The first-order valence-corrected chi connectivity index (χ1v) is 2.86. The van der Waals surface area contributed by atoms with Crippen molar-refractivity contribution in [2.45, 2.75) is 0 Å². The molecule has 66 valence electrons. The molecule has 1 aromatic rings. The number of carbonyl (C=O) groups excluding carboxylic acids is 1. The Hall–Kier alpha value is -1.75. The summed E-state index contributed by atoms with van der Waals surface area (Å²) in [4.78, 5) is 10.1. The van der Waals surface area contributed by atoms with Crippen LogP contribution in [-0.2, 0) is 0 Å². The zero-order chi connectivity index (χ0) is 8.43. The third-order valence-electron chi connectivity index (χ3n) is 1.29. The van der Waals surface area contributed by atoms with Crippen molar-refractivity contribution < 1.29 is 25.6 Å². The predicted octanol–water partition coefficient (Wildman–Crippen LogP) is -0.209. The zero-order valence-electron chi connectivity index (χ0n) is 5.98. The van der Waals surface area contributed by atoms with Gasteiger partial charge < -0.3 is 20.8 Å². The minimum atomic E-state index is -0.672. The molecule has 0 saturated carbocycles. The van der Waals surface area contributed by atoms with E-state index in [4.69, 9.17) is 15.3 Å². The molecule has 0 aromatic heterocycles. The van der Waals surface area contributed by atoms with Crippen LogP contribution >= 0.6 is 0 Å². The molecule has 0 fully saturated rings.